The number of unbranched alkanes of at least 4 members (excludes halogenated alkanes) is 1. The van der Waals surface area contributed by atoms with E-state index >= 15 is 0 Å². The number of esters is 1. The van der Waals surface area contributed by atoms with E-state index in [1.165, 1.54) is 12.1 Å². The largest absolute Gasteiger partial charge is 0.500 e. The topological polar surface area (TPSA) is 126 Å². The number of hydrogen-bond acceptors (Lipinski definition) is 9. The Labute approximate surface area is 215 Å². The van der Waals surface area contributed by atoms with Crippen molar-refractivity contribution >= 4 is 30.8 Å². The minimum Gasteiger partial charge on any atom is -0.460 e. The van der Waals surface area contributed by atoms with Gasteiger partial charge in [-0.15, -0.1) is 0 Å². The number of hydrogen-bond donors (Lipinski definition) is 1. The molecule has 0 spiro atoms. The molecule has 36 heavy (non-hydrogen) atoms. The second-order valence-corrected chi connectivity index (χ2v) is 12.1. The molecule has 0 saturated heterocycles. The summed E-state index contributed by atoms with van der Waals surface area (Å²) in [5, 5.41) is 2.85. The summed E-state index contributed by atoms with van der Waals surface area (Å²) >= 11 is 0. The zero-order chi connectivity index (χ0) is 27.0. The lowest BCUT2D eigenvalue weighted by molar-refractivity contribution is -0.141. The Morgan fingerprint density at radius 1 is 0.944 bits per heavy atom. The van der Waals surface area contributed by atoms with Gasteiger partial charge in [0.15, 0.2) is 0 Å². The van der Waals surface area contributed by atoms with Gasteiger partial charge in [-0.2, -0.15) is 8.42 Å². The molecular weight excluding hydrogens is 506 g/mol. The molecule has 0 radical (unpaired) electrons. The molecule has 0 aliphatic carbocycles. The SMILES string of the molecule is C=C(OS(=O)(=O)c1ccc(C)cc1)C(=O)OCCCCC(=O)NCCC[Si](OCC)(OCC)OCC. The van der Waals surface area contributed by atoms with Gasteiger partial charge in [-0.05, 0) is 65.7 Å². The van der Waals surface area contributed by atoms with E-state index in [0.717, 1.165) is 5.56 Å². The fourth-order valence-corrected chi connectivity index (χ4v) is 6.69. The predicted octanol–water partition coefficient (Wildman–Crippen LogP) is 3.48. The molecule has 10 nitrogen and oxygen atoms in total. The smallest absolute Gasteiger partial charge is 0.460 e. The van der Waals surface area contributed by atoms with Crippen molar-refractivity contribution in [3.8, 4) is 0 Å². The lowest BCUT2D eigenvalue weighted by Crippen LogP contribution is -2.46. The molecule has 0 unspecified atom stereocenters. The van der Waals surface area contributed by atoms with Crippen molar-refractivity contribution in [1.29, 1.82) is 0 Å². The van der Waals surface area contributed by atoms with Crippen LogP contribution in [0.2, 0.25) is 6.04 Å². The van der Waals surface area contributed by atoms with Crippen LogP contribution in [0.5, 0.6) is 0 Å². The highest BCUT2D eigenvalue weighted by molar-refractivity contribution is 7.86. The van der Waals surface area contributed by atoms with E-state index in [1.807, 2.05) is 27.7 Å². The Balaban J connectivity index is 2.27. The maximum absolute atomic E-state index is 12.2. The van der Waals surface area contributed by atoms with Gasteiger partial charge in [-0.25, -0.2) is 4.79 Å². The van der Waals surface area contributed by atoms with E-state index < -0.39 is 30.7 Å². The van der Waals surface area contributed by atoms with Gasteiger partial charge in [0.25, 0.3) is 0 Å². The number of nitrogens with one attached hydrogen (secondary N) is 1. The normalized spacial score (nSPS) is 11.7. The summed E-state index contributed by atoms with van der Waals surface area (Å²) in [7, 11) is -6.89. The number of benzene rings is 1. The van der Waals surface area contributed by atoms with Gasteiger partial charge < -0.3 is 27.5 Å². The molecule has 0 bridgehead atoms. The monoisotopic (exact) mass is 545 g/mol. The lowest BCUT2D eigenvalue weighted by Gasteiger charge is -2.28. The number of carbonyl (C=O) groups is 2. The molecule has 12 heteroatoms. The van der Waals surface area contributed by atoms with E-state index in [4.69, 9.17) is 22.2 Å². The van der Waals surface area contributed by atoms with E-state index in [-0.39, 0.29) is 23.8 Å². The van der Waals surface area contributed by atoms with Crippen molar-refractivity contribution in [1.82, 2.24) is 5.32 Å². The summed E-state index contributed by atoms with van der Waals surface area (Å²) in [6.07, 6.45) is 1.85. The van der Waals surface area contributed by atoms with Crippen molar-refractivity contribution in [3.05, 3.63) is 42.2 Å². The zero-order valence-corrected chi connectivity index (χ0v) is 23.5. The first-order chi connectivity index (χ1) is 17.1. The molecule has 0 heterocycles. The predicted molar refractivity (Wildman–Crippen MR) is 136 cm³/mol. The van der Waals surface area contributed by atoms with Crippen molar-refractivity contribution in [2.75, 3.05) is 33.0 Å². The fourth-order valence-electron chi connectivity index (χ4n) is 3.17. The van der Waals surface area contributed by atoms with Crippen LogP contribution in [0.3, 0.4) is 0 Å². The van der Waals surface area contributed by atoms with Crippen molar-refractivity contribution in [2.45, 2.75) is 64.3 Å². The average Bonchev–Trinajstić information content (AvgIpc) is 2.82. The van der Waals surface area contributed by atoms with Crippen LogP contribution in [-0.4, -0.2) is 62.1 Å². The van der Waals surface area contributed by atoms with E-state index in [9.17, 15) is 18.0 Å². The fraction of sp³-hybridized carbons (Fsp3) is 0.583. The third kappa shape index (κ3) is 11.7. The summed E-state index contributed by atoms with van der Waals surface area (Å²) in [6, 6.07) is 6.60. The van der Waals surface area contributed by atoms with E-state index in [2.05, 4.69) is 11.9 Å². The van der Waals surface area contributed by atoms with Crippen LogP contribution in [0.15, 0.2) is 41.5 Å². The second kappa shape index (κ2) is 16.5. The molecule has 1 aromatic carbocycles. The Hall–Kier alpha value is -2.25. The van der Waals surface area contributed by atoms with Crippen LogP contribution in [0.4, 0.5) is 0 Å². The molecule has 1 rings (SSSR count). The van der Waals surface area contributed by atoms with Gasteiger partial charge >= 0.3 is 24.9 Å². The lowest BCUT2D eigenvalue weighted by atomic mass is 10.2. The van der Waals surface area contributed by atoms with Gasteiger partial charge in [0.1, 0.15) is 4.90 Å². The second-order valence-electron chi connectivity index (χ2n) is 7.80. The summed E-state index contributed by atoms with van der Waals surface area (Å²) in [5.41, 5.74) is 0.884. The van der Waals surface area contributed by atoms with Crippen LogP contribution in [0, 0.1) is 6.92 Å². The van der Waals surface area contributed by atoms with Gasteiger partial charge in [0, 0.05) is 38.8 Å². The minimum atomic E-state index is -4.17. The van der Waals surface area contributed by atoms with Crippen LogP contribution in [-0.2, 0) is 41.9 Å². The van der Waals surface area contributed by atoms with Crippen LogP contribution < -0.4 is 5.32 Å². The molecular formula is C24H39NO9SSi. The summed E-state index contributed by atoms with van der Waals surface area (Å²) in [5.74, 6) is -1.71. The highest BCUT2D eigenvalue weighted by Crippen LogP contribution is 2.18. The number of amides is 1. The summed E-state index contributed by atoms with van der Waals surface area (Å²) in [6.45, 7) is 12.8. The van der Waals surface area contributed by atoms with Gasteiger partial charge in [-0.3, -0.25) is 4.79 Å². The summed E-state index contributed by atoms with van der Waals surface area (Å²) in [4.78, 5) is 24.0. The van der Waals surface area contributed by atoms with Crippen LogP contribution in [0.1, 0.15) is 52.0 Å². The van der Waals surface area contributed by atoms with Crippen molar-refractivity contribution in [2.24, 2.45) is 0 Å². The minimum absolute atomic E-state index is 0.00423. The molecule has 0 aromatic heterocycles. The quantitative estimate of drug-likeness (QED) is 0.0694. The highest BCUT2D eigenvalue weighted by Gasteiger charge is 2.39. The van der Waals surface area contributed by atoms with Crippen molar-refractivity contribution in [3.63, 3.8) is 0 Å². The number of ether oxygens (including phenoxy) is 1. The first kappa shape index (κ1) is 31.8. The van der Waals surface area contributed by atoms with Gasteiger partial charge in [0.05, 0.1) is 6.61 Å². The third-order valence-corrected chi connectivity index (χ3v) is 9.28. The Kier molecular flexibility index (Phi) is 14.5. The Bertz CT molecular complexity index is 918. The Morgan fingerprint density at radius 3 is 2.08 bits per heavy atom. The van der Waals surface area contributed by atoms with E-state index in [1.54, 1.807) is 12.1 Å². The van der Waals surface area contributed by atoms with Gasteiger partial charge in [0.2, 0.25) is 11.7 Å². The highest BCUT2D eigenvalue weighted by atomic mass is 32.2. The molecule has 204 valence electrons. The maximum atomic E-state index is 12.2. The molecule has 0 saturated carbocycles. The maximum Gasteiger partial charge on any atom is 0.500 e. The zero-order valence-electron chi connectivity index (χ0n) is 21.7. The number of carbonyl (C=O) groups excluding carboxylic acids is 2. The van der Waals surface area contributed by atoms with Crippen LogP contribution in [0.25, 0.3) is 0 Å². The van der Waals surface area contributed by atoms with E-state index in [0.29, 0.717) is 51.7 Å². The molecule has 0 aliphatic heterocycles. The number of aryl methyl sites for hydroxylation is 1. The Morgan fingerprint density at radius 2 is 1.53 bits per heavy atom. The molecule has 0 aliphatic rings. The molecule has 1 aromatic rings. The molecule has 1 amide bonds. The van der Waals surface area contributed by atoms with Crippen molar-refractivity contribution < 1.29 is 40.2 Å². The molecule has 0 fully saturated rings. The van der Waals surface area contributed by atoms with Gasteiger partial charge in [-0.1, -0.05) is 17.7 Å². The molecule has 1 N–H and O–H groups in total. The average molecular weight is 546 g/mol. The third-order valence-electron chi connectivity index (χ3n) is 4.85. The van der Waals surface area contributed by atoms with Crippen LogP contribution >= 0.6 is 0 Å². The first-order valence-electron chi connectivity index (χ1n) is 12.1. The standard InChI is InChI=1S/C24H39NO9SSi/c1-6-31-36(32-7-2,33-8-3)19-11-17-25-23(26)12-9-10-18-30-24(27)21(5)34-35(28,29)22-15-13-20(4)14-16-22/h13-16H,5-12,17-19H2,1-4H3,(H,25,26). The summed E-state index contributed by atoms with van der Waals surface area (Å²) < 4.78 is 51.6. The number of rotatable bonds is 19. The first-order valence-corrected chi connectivity index (χ1v) is 15.5. The molecule has 0 atom stereocenters.